The highest BCUT2D eigenvalue weighted by Gasteiger charge is 2.28. The smallest absolute Gasteiger partial charge is 0.339 e. The summed E-state index contributed by atoms with van der Waals surface area (Å²) in [6.45, 7) is 8.24. The summed E-state index contributed by atoms with van der Waals surface area (Å²) in [5, 5.41) is 0.323. The Kier molecular flexibility index (Phi) is 10.2. The van der Waals surface area contributed by atoms with Gasteiger partial charge in [-0.25, -0.2) is 8.42 Å². The number of benzene rings is 6. The maximum atomic E-state index is 12.4. The number of fused-ring (bicyclic) bond motifs is 1. The summed E-state index contributed by atoms with van der Waals surface area (Å²) >= 11 is 0. The van der Waals surface area contributed by atoms with E-state index in [1.165, 1.54) is 61.7 Å². The van der Waals surface area contributed by atoms with Crippen LogP contribution < -0.4 is 4.18 Å². The normalized spacial score (nSPS) is 11.6. The lowest BCUT2D eigenvalue weighted by atomic mass is 10.1. The van der Waals surface area contributed by atoms with E-state index in [1.807, 2.05) is 6.92 Å². The molecule has 240 valence electrons. The Hall–Kier alpha value is -4.41. The molecule has 0 saturated heterocycles. The molecule has 0 heterocycles. The average molecular weight is 683 g/mol. The van der Waals surface area contributed by atoms with Gasteiger partial charge in [0.15, 0.2) is 20.4 Å². The van der Waals surface area contributed by atoms with Crippen LogP contribution in [0.4, 0.5) is 0 Å². The molecule has 0 amide bonds. The molecule has 0 aliphatic heterocycles. The van der Waals surface area contributed by atoms with Crippen LogP contribution in [0.1, 0.15) is 22.3 Å². The van der Waals surface area contributed by atoms with Crippen LogP contribution in [0, 0.1) is 27.7 Å². The first-order valence-electron chi connectivity index (χ1n) is 14.7. The van der Waals surface area contributed by atoms with Crippen molar-refractivity contribution in [2.45, 2.75) is 52.2 Å². The summed E-state index contributed by atoms with van der Waals surface area (Å²) in [7, 11) is -8.84. The Labute approximate surface area is 279 Å². The molecule has 0 spiro atoms. The molecule has 6 aromatic rings. The van der Waals surface area contributed by atoms with Crippen molar-refractivity contribution in [3.63, 3.8) is 0 Å². The van der Waals surface area contributed by atoms with Crippen LogP contribution >= 0.6 is 0 Å². The van der Waals surface area contributed by atoms with Gasteiger partial charge >= 0.3 is 10.1 Å². The first kappa shape index (κ1) is 33.9. The van der Waals surface area contributed by atoms with E-state index in [1.54, 1.807) is 24.3 Å². The third-order valence-electron chi connectivity index (χ3n) is 7.39. The largest absolute Gasteiger partial charge is 0.744 e. The van der Waals surface area contributed by atoms with Crippen molar-refractivity contribution >= 4 is 41.9 Å². The third kappa shape index (κ3) is 8.31. The molecule has 0 unspecified atom stereocenters. The molecule has 0 radical (unpaired) electrons. The van der Waals surface area contributed by atoms with Gasteiger partial charge in [0, 0.05) is 10.8 Å². The number of aryl methyl sites for hydroxylation is 4. The minimum Gasteiger partial charge on any atom is -0.744 e. The van der Waals surface area contributed by atoms with Crippen molar-refractivity contribution in [3.8, 4) is 5.75 Å². The fraction of sp³-hybridized carbons (Fsp3) is 0.105. The van der Waals surface area contributed by atoms with Crippen LogP contribution in [0.3, 0.4) is 0 Å². The fourth-order valence-electron chi connectivity index (χ4n) is 4.84. The standard InChI is InChI=1S/C21H21S.C17H14O6S2/c1-16-4-10-19(11-5-16)22(20-12-6-17(2)7-13-20)21-14-8-18(3)9-15-21;1-12-6-8-13(9-7-12)25(21,22)23-16-10-11-17(24(18,19)20)15-5-3-2-4-14(15)16/h4-15H,1-3H3;2-11H,1H3,(H,18,19,20)/q+1;/p-1. The average Bonchev–Trinajstić information content (AvgIpc) is 3.04. The summed E-state index contributed by atoms with van der Waals surface area (Å²) in [6, 6.07) is 41.2. The van der Waals surface area contributed by atoms with E-state index in [9.17, 15) is 21.4 Å². The van der Waals surface area contributed by atoms with E-state index in [4.69, 9.17) is 4.18 Å². The molecule has 0 N–H and O–H groups in total. The van der Waals surface area contributed by atoms with Gasteiger partial charge in [0.25, 0.3) is 0 Å². The maximum Gasteiger partial charge on any atom is 0.339 e. The minimum absolute atomic E-state index is 0.0253. The van der Waals surface area contributed by atoms with Crippen molar-refractivity contribution in [1.82, 2.24) is 0 Å². The van der Waals surface area contributed by atoms with Crippen molar-refractivity contribution in [3.05, 3.63) is 156 Å². The summed E-state index contributed by atoms with van der Waals surface area (Å²) < 4.78 is 64.2. The molecule has 0 bridgehead atoms. The maximum absolute atomic E-state index is 12.4. The van der Waals surface area contributed by atoms with Gasteiger partial charge in [-0.3, -0.25) is 0 Å². The highest BCUT2D eigenvalue weighted by atomic mass is 32.2. The topological polar surface area (TPSA) is 101 Å². The Morgan fingerprint density at radius 1 is 0.489 bits per heavy atom. The molecule has 0 aliphatic carbocycles. The highest BCUT2D eigenvalue weighted by Crippen LogP contribution is 2.33. The van der Waals surface area contributed by atoms with E-state index in [0.29, 0.717) is 0 Å². The van der Waals surface area contributed by atoms with Crippen molar-refractivity contribution in [1.29, 1.82) is 0 Å². The van der Waals surface area contributed by atoms with Crippen molar-refractivity contribution < 1.29 is 25.6 Å². The van der Waals surface area contributed by atoms with E-state index >= 15 is 0 Å². The van der Waals surface area contributed by atoms with E-state index in [2.05, 4.69) is 93.6 Å². The first-order chi connectivity index (χ1) is 22.3. The summed E-state index contributed by atoms with van der Waals surface area (Å²) in [5.41, 5.74) is 4.81. The van der Waals surface area contributed by atoms with Crippen LogP contribution in [0.25, 0.3) is 10.8 Å². The number of hydrogen-bond acceptors (Lipinski definition) is 6. The molecular formula is C38H34O6S3. The van der Waals surface area contributed by atoms with Gasteiger partial charge in [-0.15, -0.1) is 0 Å². The van der Waals surface area contributed by atoms with Gasteiger partial charge in [-0.05, 0) is 88.4 Å². The molecule has 0 aliphatic rings. The molecule has 0 fully saturated rings. The van der Waals surface area contributed by atoms with E-state index in [-0.39, 0.29) is 32.3 Å². The van der Waals surface area contributed by atoms with E-state index < -0.39 is 25.1 Å². The second kappa shape index (κ2) is 14.1. The van der Waals surface area contributed by atoms with Gasteiger partial charge in [-0.1, -0.05) is 95.1 Å². The second-order valence-electron chi connectivity index (χ2n) is 11.2. The van der Waals surface area contributed by atoms with Crippen LogP contribution in [-0.4, -0.2) is 21.4 Å². The lowest BCUT2D eigenvalue weighted by Gasteiger charge is -2.14. The monoisotopic (exact) mass is 682 g/mol. The summed E-state index contributed by atoms with van der Waals surface area (Å²) in [5.74, 6) is -0.0522. The second-order valence-corrected chi connectivity index (χ2v) is 16.1. The van der Waals surface area contributed by atoms with Crippen molar-refractivity contribution in [2.24, 2.45) is 0 Å². The minimum atomic E-state index is -4.70. The van der Waals surface area contributed by atoms with Crippen LogP contribution in [0.15, 0.2) is 158 Å². The zero-order chi connectivity index (χ0) is 33.8. The third-order valence-corrected chi connectivity index (χ3v) is 11.8. The van der Waals surface area contributed by atoms with Gasteiger partial charge in [0.05, 0.1) is 15.8 Å². The van der Waals surface area contributed by atoms with Gasteiger partial charge in [-0.2, -0.15) is 8.42 Å². The fourth-order valence-corrected chi connectivity index (χ4v) is 8.51. The molecule has 6 rings (SSSR count). The van der Waals surface area contributed by atoms with Crippen LogP contribution in [0.5, 0.6) is 5.75 Å². The Bertz CT molecular complexity index is 2100. The van der Waals surface area contributed by atoms with Gasteiger partial charge < -0.3 is 8.74 Å². The molecule has 6 nitrogen and oxygen atoms in total. The lowest BCUT2D eigenvalue weighted by Crippen LogP contribution is -2.10. The Balaban J connectivity index is 0.000000186. The molecule has 0 aromatic heterocycles. The quantitative estimate of drug-likeness (QED) is 0.0951. The SMILES string of the molecule is Cc1ccc(S(=O)(=O)Oc2ccc(S(=O)(=O)[O-])c3ccccc23)cc1.Cc1ccc([S+](c2ccc(C)cc2)c2ccc(C)cc2)cc1. The molecule has 47 heavy (non-hydrogen) atoms. The van der Waals surface area contributed by atoms with Gasteiger partial charge in [0.1, 0.15) is 15.0 Å². The zero-order valence-corrected chi connectivity index (χ0v) is 28.8. The number of rotatable bonds is 7. The van der Waals surface area contributed by atoms with Crippen molar-refractivity contribution in [2.75, 3.05) is 0 Å². The van der Waals surface area contributed by atoms with E-state index in [0.717, 1.165) is 11.6 Å². The van der Waals surface area contributed by atoms with Gasteiger partial charge in [0.2, 0.25) is 0 Å². The highest BCUT2D eigenvalue weighted by molar-refractivity contribution is 7.97. The molecule has 6 aromatic carbocycles. The first-order valence-corrected chi connectivity index (χ1v) is 18.8. The Morgan fingerprint density at radius 3 is 1.28 bits per heavy atom. The zero-order valence-electron chi connectivity index (χ0n) is 26.4. The molecule has 0 saturated carbocycles. The molecular weight excluding hydrogens is 649 g/mol. The molecule has 9 heteroatoms. The van der Waals surface area contributed by atoms with Crippen LogP contribution in [-0.2, 0) is 31.1 Å². The Morgan fingerprint density at radius 2 is 0.872 bits per heavy atom. The summed E-state index contributed by atoms with van der Waals surface area (Å²) in [4.78, 5) is 3.67. The lowest BCUT2D eigenvalue weighted by molar-refractivity contribution is 0.464. The molecule has 0 atom stereocenters. The summed E-state index contributed by atoms with van der Waals surface area (Å²) in [6.07, 6.45) is 0. The predicted molar refractivity (Wildman–Crippen MR) is 187 cm³/mol. The predicted octanol–water partition coefficient (Wildman–Crippen LogP) is 8.53. The van der Waals surface area contributed by atoms with Crippen LogP contribution in [0.2, 0.25) is 0 Å². The number of hydrogen-bond donors (Lipinski definition) is 0.